The van der Waals surface area contributed by atoms with Gasteiger partial charge >= 0.3 is 0 Å². The van der Waals surface area contributed by atoms with Crippen LogP contribution in [0.1, 0.15) is 22.3 Å². The molecule has 8 heteroatoms. The molecule has 0 unspecified atom stereocenters. The molecule has 2 aromatic rings. The number of halogens is 2. The van der Waals surface area contributed by atoms with Crippen molar-refractivity contribution in [2.75, 3.05) is 19.8 Å². The number of ether oxygens (including phenoxy) is 1. The fourth-order valence-electron chi connectivity index (χ4n) is 2.90. The van der Waals surface area contributed by atoms with Gasteiger partial charge in [0, 0.05) is 31.9 Å². The Hall–Kier alpha value is -2.87. The number of rotatable bonds is 5. The molecule has 0 aliphatic carbocycles. The number of benzene rings is 1. The summed E-state index contributed by atoms with van der Waals surface area (Å²) >= 11 is 0. The molecule has 6 nitrogen and oxygen atoms in total. The first-order valence-corrected chi connectivity index (χ1v) is 8.54. The van der Waals surface area contributed by atoms with Crippen molar-refractivity contribution in [3.63, 3.8) is 0 Å². The molecule has 1 fully saturated rings. The van der Waals surface area contributed by atoms with Crippen LogP contribution < -0.4 is 5.32 Å². The molecule has 0 spiro atoms. The maximum atomic E-state index is 13.9. The number of nitrogens with one attached hydrogen (secondary N) is 1. The van der Waals surface area contributed by atoms with Crippen molar-refractivity contribution in [1.29, 1.82) is 0 Å². The molecule has 1 aliphatic heterocycles. The van der Waals surface area contributed by atoms with Crippen LogP contribution in [0.2, 0.25) is 0 Å². The molecule has 2 amide bonds. The van der Waals surface area contributed by atoms with Crippen LogP contribution in [-0.4, -0.2) is 47.5 Å². The second kappa shape index (κ2) is 8.68. The van der Waals surface area contributed by atoms with Crippen molar-refractivity contribution in [2.45, 2.75) is 19.0 Å². The Labute approximate surface area is 155 Å². The zero-order valence-corrected chi connectivity index (χ0v) is 14.5. The highest BCUT2D eigenvalue weighted by molar-refractivity contribution is 5.95. The summed E-state index contributed by atoms with van der Waals surface area (Å²) in [4.78, 5) is 30.3. The Morgan fingerprint density at radius 2 is 2.15 bits per heavy atom. The van der Waals surface area contributed by atoms with E-state index in [9.17, 15) is 18.4 Å². The van der Waals surface area contributed by atoms with Gasteiger partial charge < -0.3 is 15.0 Å². The zero-order chi connectivity index (χ0) is 19.2. The van der Waals surface area contributed by atoms with Gasteiger partial charge in [-0.05, 0) is 29.8 Å². The second-order valence-electron chi connectivity index (χ2n) is 6.19. The van der Waals surface area contributed by atoms with Gasteiger partial charge in [0.1, 0.15) is 11.6 Å². The summed E-state index contributed by atoms with van der Waals surface area (Å²) in [5, 5.41) is 2.76. The van der Waals surface area contributed by atoms with Gasteiger partial charge in [0.25, 0.3) is 5.91 Å². The lowest BCUT2D eigenvalue weighted by molar-refractivity contribution is -0.123. The van der Waals surface area contributed by atoms with E-state index in [1.54, 1.807) is 18.5 Å². The molecule has 1 saturated heterocycles. The summed E-state index contributed by atoms with van der Waals surface area (Å²) in [5.74, 6) is -2.42. The summed E-state index contributed by atoms with van der Waals surface area (Å²) in [6.07, 6.45) is 3.29. The van der Waals surface area contributed by atoms with Gasteiger partial charge in [0.05, 0.1) is 24.8 Å². The molecule has 27 heavy (non-hydrogen) atoms. The standard InChI is InChI=1S/C19H19F2N3O3/c20-14-3-4-17(21)16(8-14)19(26)24-6-7-27-12-15(24)9-18(25)23-11-13-2-1-5-22-10-13/h1-5,8,10,15H,6-7,9,11-12H2,(H,23,25)/t15-/m0/s1. The van der Waals surface area contributed by atoms with Crippen molar-refractivity contribution in [3.8, 4) is 0 Å². The average Bonchev–Trinajstić information content (AvgIpc) is 2.69. The van der Waals surface area contributed by atoms with E-state index in [-0.39, 0.29) is 37.6 Å². The Kier molecular flexibility index (Phi) is 6.08. The lowest BCUT2D eigenvalue weighted by atomic mass is 10.1. The Bertz CT molecular complexity index is 817. The molecule has 1 aliphatic rings. The quantitative estimate of drug-likeness (QED) is 0.867. The van der Waals surface area contributed by atoms with Crippen LogP contribution in [0, 0.1) is 11.6 Å². The number of nitrogens with zero attached hydrogens (tertiary/aromatic N) is 2. The van der Waals surface area contributed by atoms with Gasteiger partial charge in [-0.25, -0.2) is 8.78 Å². The van der Waals surface area contributed by atoms with E-state index in [4.69, 9.17) is 4.74 Å². The monoisotopic (exact) mass is 375 g/mol. The lowest BCUT2D eigenvalue weighted by Crippen LogP contribution is -2.50. The third-order valence-corrected chi connectivity index (χ3v) is 4.28. The van der Waals surface area contributed by atoms with Gasteiger partial charge in [-0.2, -0.15) is 0 Å². The Morgan fingerprint density at radius 1 is 1.30 bits per heavy atom. The van der Waals surface area contributed by atoms with Gasteiger partial charge in [-0.1, -0.05) is 6.07 Å². The van der Waals surface area contributed by atoms with Gasteiger partial charge in [0.15, 0.2) is 0 Å². The van der Waals surface area contributed by atoms with Crippen LogP contribution in [-0.2, 0) is 16.1 Å². The average molecular weight is 375 g/mol. The first-order chi connectivity index (χ1) is 13.0. The van der Waals surface area contributed by atoms with Crippen LogP contribution in [0.25, 0.3) is 0 Å². The number of carbonyl (C=O) groups excluding carboxylic acids is 2. The van der Waals surface area contributed by atoms with Crippen molar-refractivity contribution in [1.82, 2.24) is 15.2 Å². The fourth-order valence-corrected chi connectivity index (χ4v) is 2.90. The van der Waals surface area contributed by atoms with Crippen LogP contribution >= 0.6 is 0 Å². The van der Waals surface area contributed by atoms with E-state index in [0.29, 0.717) is 6.54 Å². The minimum atomic E-state index is -0.798. The lowest BCUT2D eigenvalue weighted by Gasteiger charge is -2.35. The number of morpholine rings is 1. The molecular formula is C19H19F2N3O3. The summed E-state index contributed by atoms with van der Waals surface area (Å²) in [6.45, 7) is 0.946. The highest BCUT2D eigenvalue weighted by Gasteiger charge is 2.31. The Balaban J connectivity index is 1.65. The zero-order valence-electron chi connectivity index (χ0n) is 14.5. The first kappa shape index (κ1) is 18.9. The number of hydrogen-bond donors (Lipinski definition) is 1. The van der Waals surface area contributed by atoms with E-state index >= 15 is 0 Å². The summed E-state index contributed by atoms with van der Waals surface area (Å²) in [7, 11) is 0. The summed E-state index contributed by atoms with van der Waals surface area (Å²) in [5.41, 5.74) is 0.498. The predicted molar refractivity (Wildman–Crippen MR) is 92.7 cm³/mol. The molecule has 2 heterocycles. The topological polar surface area (TPSA) is 71.5 Å². The molecule has 3 rings (SSSR count). The van der Waals surface area contributed by atoms with E-state index < -0.39 is 23.6 Å². The number of hydrogen-bond acceptors (Lipinski definition) is 4. The highest BCUT2D eigenvalue weighted by atomic mass is 19.1. The van der Waals surface area contributed by atoms with E-state index in [0.717, 1.165) is 23.8 Å². The first-order valence-electron chi connectivity index (χ1n) is 8.54. The van der Waals surface area contributed by atoms with Crippen molar-refractivity contribution in [2.24, 2.45) is 0 Å². The van der Waals surface area contributed by atoms with Crippen LogP contribution in [0.3, 0.4) is 0 Å². The molecule has 0 saturated carbocycles. The number of pyridine rings is 1. The van der Waals surface area contributed by atoms with E-state index in [1.807, 2.05) is 6.07 Å². The summed E-state index contributed by atoms with van der Waals surface area (Å²) < 4.78 is 32.7. The number of aromatic nitrogens is 1. The van der Waals surface area contributed by atoms with Gasteiger partial charge in [0.2, 0.25) is 5.91 Å². The predicted octanol–water partition coefficient (Wildman–Crippen LogP) is 1.91. The molecule has 1 aromatic carbocycles. The molecule has 1 aromatic heterocycles. The summed E-state index contributed by atoms with van der Waals surface area (Å²) in [6, 6.07) is 5.78. The van der Waals surface area contributed by atoms with Gasteiger partial charge in [-0.3, -0.25) is 14.6 Å². The molecule has 1 atom stereocenters. The third kappa shape index (κ3) is 4.85. The largest absolute Gasteiger partial charge is 0.377 e. The normalized spacial score (nSPS) is 16.8. The molecular weight excluding hydrogens is 356 g/mol. The highest BCUT2D eigenvalue weighted by Crippen LogP contribution is 2.18. The van der Waals surface area contributed by atoms with Crippen LogP contribution in [0.15, 0.2) is 42.7 Å². The van der Waals surface area contributed by atoms with Crippen LogP contribution in [0.5, 0.6) is 0 Å². The van der Waals surface area contributed by atoms with Crippen molar-refractivity contribution in [3.05, 3.63) is 65.5 Å². The smallest absolute Gasteiger partial charge is 0.257 e. The minimum absolute atomic E-state index is 0.00291. The van der Waals surface area contributed by atoms with Crippen molar-refractivity contribution < 1.29 is 23.1 Å². The molecule has 1 N–H and O–H groups in total. The SMILES string of the molecule is O=C(C[C@H]1COCCN1C(=O)c1cc(F)ccc1F)NCc1cccnc1. The maximum absolute atomic E-state index is 13.9. The maximum Gasteiger partial charge on any atom is 0.257 e. The fraction of sp³-hybridized carbons (Fsp3) is 0.316. The molecule has 0 bridgehead atoms. The second-order valence-corrected chi connectivity index (χ2v) is 6.19. The molecule has 142 valence electrons. The number of carbonyl (C=O) groups is 2. The third-order valence-electron chi connectivity index (χ3n) is 4.28. The van der Waals surface area contributed by atoms with Gasteiger partial charge in [-0.15, -0.1) is 0 Å². The number of amides is 2. The van der Waals surface area contributed by atoms with E-state index in [1.165, 1.54) is 4.90 Å². The van der Waals surface area contributed by atoms with E-state index in [2.05, 4.69) is 10.3 Å². The minimum Gasteiger partial charge on any atom is -0.377 e. The molecule has 0 radical (unpaired) electrons. The Morgan fingerprint density at radius 3 is 2.93 bits per heavy atom. The van der Waals surface area contributed by atoms with Crippen molar-refractivity contribution >= 4 is 11.8 Å². The van der Waals surface area contributed by atoms with Crippen LogP contribution in [0.4, 0.5) is 8.78 Å².